The van der Waals surface area contributed by atoms with Gasteiger partial charge in [-0.1, -0.05) is 15.9 Å². The lowest BCUT2D eigenvalue weighted by atomic mass is 10.3. The topological polar surface area (TPSA) is 55.4 Å². The molecule has 1 N–H and O–H groups in total. The first kappa shape index (κ1) is 12.2. The molecule has 1 heterocycles. The molecule has 0 aromatic carbocycles. The van der Waals surface area contributed by atoms with Gasteiger partial charge in [0.25, 0.3) is 5.91 Å². The molecule has 0 fully saturated rings. The highest BCUT2D eigenvalue weighted by molar-refractivity contribution is 9.10. The second kappa shape index (κ2) is 5.87. The second-order valence-corrected chi connectivity index (χ2v) is 4.60. The van der Waals surface area contributed by atoms with Crippen LogP contribution in [0, 0.1) is 0 Å². The standard InChI is InChI=1S/C9H10BrNO3S/c1-14-9(13)7(10)4-11-8(12)6-2-3-15-5-6/h2-3,5,7H,4H2,1H3,(H,11,12). The second-order valence-electron chi connectivity index (χ2n) is 2.71. The van der Waals surface area contributed by atoms with Crippen LogP contribution < -0.4 is 5.32 Å². The van der Waals surface area contributed by atoms with Crippen LogP contribution in [0.25, 0.3) is 0 Å². The molecule has 0 bridgehead atoms. The van der Waals surface area contributed by atoms with E-state index in [0.717, 1.165) is 0 Å². The third-order valence-electron chi connectivity index (χ3n) is 1.68. The number of amides is 1. The van der Waals surface area contributed by atoms with Crippen LogP contribution in [-0.2, 0) is 9.53 Å². The highest BCUT2D eigenvalue weighted by Gasteiger charge is 2.16. The van der Waals surface area contributed by atoms with Crippen LogP contribution in [0.3, 0.4) is 0 Å². The van der Waals surface area contributed by atoms with Crippen molar-refractivity contribution >= 4 is 39.1 Å². The van der Waals surface area contributed by atoms with Gasteiger partial charge in [-0.05, 0) is 11.4 Å². The molecule has 0 aliphatic carbocycles. The van der Waals surface area contributed by atoms with Gasteiger partial charge in [0, 0.05) is 17.5 Å². The van der Waals surface area contributed by atoms with Gasteiger partial charge in [0.1, 0.15) is 4.83 Å². The Bertz CT molecular complexity index is 339. The number of rotatable bonds is 4. The van der Waals surface area contributed by atoms with Crippen molar-refractivity contribution in [1.82, 2.24) is 5.32 Å². The fourth-order valence-corrected chi connectivity index (χ4v) is 1.87. The summed E-state index contributed by atoms with van der Waals surface area (Å²) < 4.78 is 4.50. The number of carbonyl (C=O) groups is 2. The third kappa shape index (κ3) is 3.64. The van der Waals surface area contributed by atoms with Crippen LogP contribution in [-0.4, -0.2) is 30.4 Å². The molecule has 6 heteroatoms. The number of halogens is 1. The molecule has 82 valence electrons. The summed E-state index contributed by atoms with van der Waals surface area (Å²) in [7, 11) is 1.30. The maximum atomic E-state index is 11.4. The monoisotopic (exact) mass is 291 g/mol. The van der Waals surface area contributed by atoms with Crippen molar-refractivity contribution in [3.8, 4) is 0 Å². The molecule has 4 nitrogen and oxygen atoms in total. The Hall–Kier alpha value is -0.880. The van der Waals surface area contributed by atoms with Crippen molar-refractivity contribution in [1.29, 1.82) is 0 Å². The van der Waals surface area contributed by atoms with E-state index in [1.807, 2.05) is 5.38 Å². The van der Waals surface area contributed by atoms with Crippen LogP contribution in [0.2, 0.25) is 0 Å². The molecule has 0 aliphatic heterocycles. The third-order valence-corrected chi connectivity index (χ3v) is 3.06. The molecule has 15 heavy (non-hydrogen) atoms. The number of hydrogen-bond donors (Lipinski definition) is 1. The van der Waals surface area contributed by atoms with Crippen LogP contribution >= 0.6 is 27.3 Å². The minimum atomic E-state index is -0.509. The number of alkyl halides is 1. The van der Waals surface area contributed by atoms with Crippen molar-refractivity contribution < 1.29 is 14.3 Å². The minimum Gasteiger partial charge on any atom is -0.468 e. The van der Waals surface area contributed by atoms with Gasteiger partial charge in [-0.2, -0.15) is 11.3 Å². The number of nitrogens with one attached hydrogen (secondary N) is 1. The van der Waals surface area contributed by atoms with E-state index in [1.165, 1.54) is 18.4 Å². The van der Waals surface area contributed by atoms with Crippen molar-refractivity contribution in [3.05, 3.63) is 22.4 Å². The molecular weight excluding hydrogens is 282 g/mol. The summed E-state index contributed by atoms with van der Waals surface area (Å²) in [5.41, 5.74) is 0.601. The average Bonchev–Trinajstić information content (AvgIpc) is 2.77. The van der Waals surface area contributed by atoms with E-state index < -0.39 is 10.8 Å². The van der Waals surface area contributed by atoms with Crippen LogP contribution in [0.1, 0.15) is 10.4 Å². The zero-order valence-corrected chi connectivity index (χ0v) is 10.4. The predicted molar refractivity (Wildman–Crippen MR) is 61.4 cm³/mol. The molecule has 0 spiro atoms. The average molecular weight is 292 g/mol. The maximum Gasteiger partial charge on any atom is 0.321 e. The summed E-state index contributed by atoms with van der Waals surface area (Å²) >= 11 is 4.56. The molecular formula is C9H10BrNO3S. The quantitative estimate of drug-likeness (QED) is 0.674. The number of hydrogen-bond acceptors (Lipinski definition) is 4. The van der Waals surface area contributed by atoms with Gasteiger partial charge < -0.3 is 10.1 Å². The Balaban J connectivity index is 2.38. The van der Waals surface area contributed by atoms with E-state index in [-0.39, 0.29) is 12.5 Å². The van der Waals surface area contributed by atoms with Gasteiger partial charge >= 0.3 is 5.97 Å². The fourth-order valence-electron chi connectivity index (χ4n) is 0.889. The summed E-state index contributed by atoms with van der Waals surface area (Å²) in [6.45, 7) is 0.210. The molecule has 1 aromatic heterocycles. The Labute approximate surface area is 99.8 Å². The van der Waals surface area contributed by atoms with E-state index in [0.29, 0.717) is 5.56 Å². The SMILES string of the molecule is COC(=O)C(Br)CNC(=O)c1ccsc1. The highest BCUT2D eigenvalue weighted by Crippen LogP contribution is 2.06. The van der Waals surface area contributed by atoms with Crippen LogP contribution in [0.5, 0.6) is 0 Å². The van der Waals surface area contributed by atoms with Gasteiger partial charge in [0.15, 0.2) is 0 Å². The first-order valence-electron chi connectivity index (χ1n) is 4.17. The zero-order valence-electron chi connectivity index (χ0n) is 8.03. The lowest BCUT2D eigenvalue weighted by molar-refractivity contribution is -0.139. The molecule has 0 saturated heterocycles. The molecule has 1 amide bonds. The summed E-state index contributed by atoms with van der Waals surface area (Å²) in [5, 5.41) is 6.19. The lowest BCUT2D eigenvalue weighted by Crippen LogP contribution is -2.33. The fraction of sp³-hybridized carbons (Fsp3) is 0.333. The minimum absolute atomic E-state index is 0.190. The van der Waals surface area contributed by atoms with Gasteiger partial charge in [-0.15, -0.1) is 0 Å². The van der Waals surface area contributed by atoms with Crippen LogP contribution in [0.15, 0.2) is 16.8 Å². The van der Waals surface area contributed by atoms with Crippen molar-refractivity contribution in [2.24, 2.45) is 0 Å². The number of carbonyl (C=O) groups excluding carboxylic acids is 2. The predicted octanol–water partition coefficient (Wildman–Crippen LogP) is 1.41. The van der Waals surface area contributed by atoms with Crippen molar-refractivity contribution in [3.63, 3.8) is 0 Å². The normalized spacial score (nSPS) is 11.9. The highest BCUT2D eigenvalue weighted by atomic mass is 79.9. The van der Waals surface area contributed by atoms with Crippen molar-refractivity contribution in [2.75, 3.05) is 13.7 Å². The first-order valence-corrected chi connectivity index (χ1v) is 6.03. The summed E-state index contributed by atoms with van der Waals surface area (Å²) in [5.74, 6) is -0.592. The molecule has 1 rings (SSSR count). The van der Waals surface area contributed by atoms with Gasteiger partial charge in [-0.25, -0.2) is 0 Å². The molecule has 1 unspecified atom stereocenters. The maximum absolute atomic E-state index is 11.4. The number of methoxy groups -OCH3 is 1. The Morgan fingerprint density at radius 2 is 2.40 bits per heavy atom. The lowest BCUT2D eigenvalue weighted by Gasteiger charge is -2.08. The Morgan fingerprint density at radius 3 is 2.93 bits per heavy atom. The zero-order chi connectivity index (χ0) is 11.3. The molecule has 0 saturated carbocycles. The van der Waals surface area contributed by atoms with Crippen LogP contribution in [0.4, 0.5) is 0 Å². The first-order chi connectivity index (χ1) is 7.15. The number of ether oxygens (including phenoxy) is 1. The Kier molecular flexibility index (Phi) is 4.77. The molecule has 0 radical (unpaired) electrons. The van der Waals surface area contributed by atoms with Crippen molar-refractivity contribution in [2.45, 2.75) is 4.83 Å². The summed E-state index contributed by atoms with van der Waals surface area (Å²) in [4.78, 5) is 21.9. The van der Waals surface area contributed by atoms with E-state index in [2.05, 4.69) is 26.0 Å². The molecule has 0 aliphatic rings. The Morgan fingerprint density at radius 1 is 1.67 bits per heavy atom. The van der Waals surface area contributed by atoms with Gasteiger partial charge in [0.2, 0.25) is 0 Å². The number of esters is 1. The number of thiophene rings is 1. The largest absolute Gasteiger partial charge is 0.468 e. The molecule has 1 aromatic rings. The summed E-state index contributed by atoms with van der Waals surface area (Å²) in [6.07, 6.45) is 0. The van der Waals surface area contributed by atoms with E-state index in [4.69, 9.17) is 0 Å². The van der Waals surface area contributed by atoms with Gasteiger partial charge in [-0.3, -0.25) is 9.59 Å². The van der Waals surface area contributed by atoms with E-state index in [1.54, 1.807) is 11.4 Å². The van der Waals surface area contributed by atoms with E-state index >= 15 is 0 Å². The van der Waals surface area contributed by atoms with Gasteiger partial charge in [0.05, 0.1) is 7.11 Å². The summed E-state index contributed by atoms with van der Waals surface area (Å²) in [6, 6.07) is 1.72. The smallest absolute Gasteiger partial charge is 0.321 e. The molecule has 1 atom stereocenters. The van der Waals surface area contributed by atoms with E-state index in [9.17, 15) is 9.59 Å².